The van der Waals surface area contributed by atoms with Gasteiger partial charge in [-0.05, 0) is 26.7 Å². The van der Waals surface area contributed by atoms with E-state index in [0.717, 1.165) is 0 Å². The Labute approximate surface area is 189 Å². The van der Waals surface area contributed by atoms with Crippen LogP contribution >= 0.6 is 0 Å². The van der Waals surface area contributed by atoms with E-state index in [1.807, 2.05) is 33.8 Å². The van der Waals surface area contributed by atoms with Crippen molar-refractivity contribution in [2.75, 3.05) is 39.3 Å². The van der Waals surface area contributed by atoms with E-state index in [1.165, 1.54) is 4.90 Å². The van der Waals surface area contributed by atoms with Gasteiger partial charge in [0.25, 0.3) is 0 Å². The lowest BCUT2D eigenvalue weighted by Gasteiger charge is -2.50. The van der Waals surface area contributed by atoms with Gasteiger partial charge in [-0.3, -0.25) is 25.0 Å². The van der Waals surface area contributed by atoms with Crippen LogP contribution in [0.4, 0.5) is 4.79 Å². The molecule has 2 amide bonds. The minimum Gasteiger partial charge on any atom is -0.445 e. The van der Waals surface area contributed by atoms with Gasteiger partial charge in [-0.15, -0.1) is 0 Å². The summed E-state index contributed by atoms with van der Waals surface area (Å²) < 4.78 is 5.31. The summed E-state index contributed by atoms with van der Waals surface area (Å²) >= 11 is 0. The minimum atomic E-state index is -0.981. The molecule has 9 heteroatoms. The van der Waals surface area contributed by atoms with Gasteiger partial charge in [-0.25, -0.2) is 4.79 Å². The van der Waals surface area contributed by atoms with E-state index in [9.17, 15) is 19.2 Å². The number of rotatable bonds is 4. The van der Waals surface area contributed by atoms with Gasteiger partial charge in [-0.1, -0.05) is 26.0 Å². The van der Waals surface area contributed by atoms with E-state index in [-0.39, 0.29) is 49.1 Å². The van der Waals surface area contributed by atoms with Crippen LogP contribution in [-0.2, 0) is 19.1 Å². The standard InChI is InChI=1S/C23H36N4O5/c1-16(2)20(30)22-9-10-26(13-22)21(31)32-11-7-5-6-8-19(29)27-14-23(15-27,25-17(3)4)18(28)12-24-22/h5,7,16-17,24-25H,6,8-15H2,1-4H3/t22-/m1/s1. The third-order valence-corrected chi connectivity index (χ3v) is 6.48. The zero-order valence-corrected chi connectivity index (χ0v) is 19.6. The largest absolute Gasteiger partial charge is 0.445 e. The van der Waals surface area contributed by atoms with Crippen LogP contribution in [-0.4, -0.2) is 89.8 Å². The second-order valence-electron chi connectivity index (χ2n) is 9.77. The molecule has 4 aliphatic rings. The predicted octanol–water partition coefficient (Wildman–Crippen LogP) is 0.880. The lowest BCUT2D eigenvalue weighted by molar-refractivity contribution is -0.146. The maximum absolute atomic E-state index is 13.3. The van der Waals surface area contributed by atoms with Crippen molar-refractivity contribution in [3.05, 3.63) is 12.2 Å². The number of ketones is 2. The molecule has 0 aliphatic carbocycles. The summed E-state index contributed by atoms with van der Waals surface area (Å²) in [5.41, 5.74) is -1.80. The number of ether oxygens (including phenoxy) is 1. The molecule has 1 atom stereocenters. The Morgan fingerprint density at radius 1 is 1.09 bits per heavy atom. The van der Waals surface area contributed by atoms with Crippen molar-refractivity contribution in [3.8, 4) is 0 Å². The topological polar surface area (TPSA) is 108 Å². The van der Waals surface area contributed by atoms with Crippen molar-refractivity contribution < 1.29 is 23.9 Å². The monoisotopic (exact) mass is 448 g/mol. The van der Waals surface area contributed by atoms with Gasteiger partial charge in [0.05, 0.1) is 12.1 Å². The number of hydrogen-bond donors (Lipinski definition) is 2. The number of nitrogens with zero attached hydrogens (tertiary/aromatic N) is 2. The van der Waals surface area contributed by atoms with Gasteiger partial charge in [0, 0.05) is 44.6 Å². The van der Waals surface area contributed by atoms with Crippen molar-refractivity contribution in [2.24, 2.45) is 5.92 Å². The zero-order chi connectivity index (χ0) is 23.5. The first kappa shape index (κ1) is 24.4. The minimum absolute atomic E-state index is 0.00507. The molecule has 2 saturated heterocycles. The Morgan fingerprint density at radius 2 is 1.81 bits per heavy atom. The van der Waals surface area contributed by atoms with Crippen molar-refractivity contribution in [3.63, 3.8) is 0 Å². The van der Waals surface area contributed by atoms with Crippen molar-refractivity contribution in [2.45, 2.75) is 64.1 Å². The van der Waals surface area contributed by atoms with Crippen LogP contribution in [0, 0.1) is 5.92 Å². The van der Waals surface area contributed by atoms with Crippen LogP contribution in [0.3, 0.4) is 0 Å². The third kappa shape index (κ3) is 5.04. The Kier molecular flexibility index (Phi) is 7.39. The summed E-state index contributed by atoms with van der Waals surface area (Å²) in [4.78, 5) is 54.7. The van der Waals surface area contributed by atoms with Crippen LogP contribution in [0.25, 0.3) is 0 Å². The summed E-state index contributed by atoms with van der Waals surface area (Å²) in [5, 5.41) is 6.58. The van der Waals surface area contributed by atoms with Gasteiger partial charge in [0.15, 0.2) is 11.6 Å². The normalized spacial score (nSPS) is 29.9. The summed E-state index contributed by atoms with van der Waals surface area (Å²) in [7, 11) is 0. The summed E-state index contributed by atoms with van der Waals surface area (Å²) in [5.74, 6) is -0.342. The Bertz CT molecular complexity index is 787. The van der Waals surface area contributed by atoms with E-state index >= 15 is 0 Å². The first-order valence-electron chi connectivity index (χ1n) is 11.5. The smallest absolute Gasteiger partial charge is 0.410 e. The number of hydrogen-bond acceptors (Lipinski definition) is 7. The van der Waals surface area contributed by atoms with Crippen molar-refractivity contribution >= 4 is 23.6 Å². The first-order chi connectivity index (χ1) is 15.1. The Hall–Kier alpha value is -2.26. The maximum Gasteiger partial charge on any atom is 0.410 e. The van der Waals surface area contributed by atoms with Crippen LogP contribution in [0.15, 0.2) is 12.2 Å². The molecule has 4 aliphatic heterocycles. The fraction of sp³-hybridized carbons (Fsp3) is 0.739. The summed E-state index contributed by atoms with van der Waals surface area (Å²) in [6.07, 6.45) is 4.39. The number of amides is 2. The fourth-order valence-corrected chi connectivity index (χ4v) is 4.81. The molecule has 4 rings (SSSR count). The van der Waals surface area contributed by atoms with Crippen LogP contribution in [0.2, 0.25) is 0 Å². The van der Waals surface area contributed by atoms with Crippen LogP contribution < -0.4 is 10.6 Å². The van der Waals surface area contributed by atoms with Crippen molar-refractivity contribution in [1.82, 2.24) is 20.4 Å². The molecule has 32 heavy (non-hydrogen) atoms. The van der Waals surface area contributed by atoms with Gasteiger partial charge < -0.3 is 14.5 Å². The zero-order valence-electron chi connectivity index (χ0n) is 19.6. The SMILES string of the molecule is CC(C)NC12CN(C1)C(=O)CCC=CCOC(=O)N1CC[C@](C(=O)C(C)C)(C1)NCC2=O. The molecule has 0 aromatic rings. The number of Topliss-reactive ketones (excluding diaryl/α,β-unsaturated/α-hetero) is 2. The molecule has 0 radical (unpaired) electrons. The molecule has 0 unspecified atom stereocenters. The van der Waals surface area contributed by atoms with E-state index in [4.69, 9.17) is 4.74 Å². The molecule has 2 fully saturated rings. The highest BCUT2D eigenvalue weighted by Crippen LogP contribution is 2.28. The third-order valence-electron chi connectivity index (χ3n) is 6.48. The average molecular weight is 449 g/mol. The van der Waals surface area contributed by atoms with Crippen LogP contribution in [0.1, 0.15) is 47.0 Å². The summed E-state index contributed by atoms with van der Waals surface area (Å²) in [6, 6.07) is 0.0660. The summed E-state index contributed by atoms with van der Waals surface area (Å²) in [6.45, 7) is 8.92. The maximum atomic E-state index is 13.3. The molecule has 4 heterocycles. The molecule has 0 aromatic carbocycles. The molecule has 0 saturated carbocycles. The molecule has 4 bridgehead atoms. The lowest BCUT2D eigenvalue weighted by atomic mass is 9.82. The highest BCUT2D eigenvalue weighted by Gasteiger charge is 2.52. The first-order valence-corrected chi connectivity index (χ1v) is 11.5. The molecule has 2 N–H and O–H groups in total. The van der Waals surface area contributed by atoms with Gasteiger partial charge >= 0.3 is 6.09 Å². The quantitative estimate of drug-likeness (QED) is 0.615. The fourth-order valence-electron chi connectivity index (χ4n) is 4.81. The number of allylic oxidation sites excluding steroid dienone is 1. The highest BCUT2D eigenvalue weighted by molar-refractivity contribution is 5.96. The Morgan fingerprint density at radius 3 is 2.47 bits per heavy atom. The number of carbonyl (C=O) groups is 4. The van der Waals surface area contributed by atoms with E-state index in [0.29, 0.717) is 38.9 Å². The second kappa shape index (κ2) is 9.70. The predicted molar refractivity (Wildman–Crippen MR) is 119 cm³/mol. The van der Waals surface area contributed by atoms with E-state index in [2.05, 4.69) is 10.6 Å². The molecule has 9 nitrogen and oxygen atoms in total. The number of carbonyl (C=O) groups excluding carboxylic acids is 4. The van der Waals surface area contributed by atoms with Crippen LogP contribution in [0.5, 0.6) is 0 Å². The molecule has 0 aromatic heterocycles. The van der Waals surface area contributed by atoms with E-state index in [1.54, 1.807) is 11.0 Å². The van der Waals surface area contributed by atoms with E-state index < -0.39 is 17.2 Å². The van der Waals surface area contributed by atoms with Gasteiger partial charge in [-0.2, -0.15) is 0 Å². The van der Waals surface area contributed by atoms with Crippen molar-refractivity contribution in [1.29, 1.82) is 0 Å². The highest BCUT2D eigenvalue weighted by atomic mass is 16.6. The molecule has 178 valence electrons. The lowest BCUT2D eigenvalue weighted by Crippen LogP contribution is -2.76. The molecular weight excluding hydrogens is 412 g/mol. The second-order valence-corrected chi connectivity index (χ2v) is 9.77. The average Bonchev–Trinajstić information content (AvgIpc) is 3.15. The van der Waals surface area contributed by atoms with Gasteiger partial charge in [0.1, 0.15) is 12.1 Å². The Balaban J connectivity index is 1.85. The number of fused-ring (bicyclic) bond motifs is 8. The molecule has 0 spiro atoms. The molecular formula is C23H36N4O5. The number of nitrogens with one attached hydrogen (secondary N) is 2. The van der Waals surface area contributed by atoms with Gasteiger partial charge in [0.2, 0.25) is 5.91 Å².